The third-order valence-electron chi connectivity index (χ3n) is 3.86. The summed E-state index contributed by atoms with van der Waals surface area (Å²) < 4.78 is 0. The molecule has 3 rings (SSSR count). The Bertz CT molecular complexity index is 769. The molecule has 2 aromatic carbocycles. The van der Waals surface area contributed by atoms with Crippen LogP contribution in [-0.2, 0) is 11.2 Å². The molecule has 1 aliphatic heterocycles. The Morgan fingerprint density at radius 2 is 1.78 bits per heavy atom. The molecule has 0 N–H and O–H groups in total. The van der Waals surface area contributed by atoms with Crippen molar-refractivity contribution in [3.05, 3.63) is 70.3 Å². The monoisotopic (exact) mass is 309 g/mol. The van der Waals surface area contributed by atoms with Crippen LogP contribution >= 0.6 is 0 Å². The molecule has 6 nitrogen and oxygen atoms in total. The van der Waals surface area contributed by atoms with Gasteiger partial charge in [0.2, 0.25) is 0 Å². The Morgan fingerprint density at radius 3 is 2.39 bits per heavy atom. The van der Waals surface area contributed by atoms with Crippen LogP contribution in [0.4, 0.5) is 11.4 Å². The van der Waals surface area contributed by atoms with Crippen LogP contribution in [0.5, 0.6) is 0 Å². The number of carbonyl (C=O) groups excluding carboxylic acids is 1. The first-order chi connectivity index (χ1) is 11.1. The molecule has 23 heavy (non-hydrogen) atoms. The molecule has 0 spiro atoms. The largest absolute Gasteiger partial charge is 0.272 e. The Labute approximate surface area is 133 Å². The second-order valence-corrected chi connectivity index (χ2v) is 5.41. The third-order valence-corrected chi connectivity index (χ3v) is 3.86. The Kier molecular flexibility index (Phi) is 3.89. The molecular formula is C17H15N3O3. The van der Waals surface area contributed by atoms with Crippen LogP contribution < -0.4 is 5.01 Å². The number of nitro benzene ring substituents is 1. The molecular weight excluding hydrogens is 294 g/mol. The lowest BCUT2D eigenvalue weighted by Gasteiger charge is -2.14. The Balaban J connectivity index is 1.80. The van der Waals surface area contributed by atoms with Gasteiger partial charge in [0.1, 0.15) is 0 Å². The van der Waals surface area contributed by atoms with Gasteiger partial charge in [-0.25, -0.2) is 5.01 Å². The zero-order chi connectivity index (χ0) is 16.4. The highest BCUT2D eigenvalue weighted by molar-refractivity contribution is 6.14. The molecule has 0 radical (unpaired) electrons. The first kappa shape index (κ1) is 14.9. The number of hydrazone groups is 1. The van der Waals surface area contributed by atoms with E-state index in [2.05, 4.69) is 5.10 Å². The first-order valence-corrected chi connectivity index (χ1v) is 7.23. The van der Waals surface area contributed by atoms with Gasteiger partial charge in [0.25, 0.3) is 11.6 Å². The van der Waals surface area contributed by atoms with Crippen LogP contribution in [0, 0.1) is 16.0 Å². The molecule has 1 aliphatic rings. The topological polar surface area (TPSA) is 75.8 Å². The summed E-state index contributed by atoms with van der Waals surface area (Å²) in [6.45, 7) is 1.83. The molecule has 2 aromatic rings. The molecule has 0 bridgehead atoms. The minimum Gasteiger partial charge on any atom is -0.272 e. The van der Waals surface area contributed by atoms with Crippen LogP contribution in [-0.4, -0.2) is 16.5 Å². The van der Waals surface area contributed by atoms with Gasteiger partial charge in [0.15, 0.2) is 0 Å². The second-order valence-electron chi connectivity index (χ2n) is 5.41. The summed E-state index contributed by atoms with van der Waals surface area (Å²) >= 11 is 0. The summed E-state index contributed by atoms with van der Waals surface area (Å²) in [7, 11) is 0. The van der Waals surface area contributed by atoms with Crippen LogP contribution in [0.2, 0.25) is 0 Å². The van der Waals surface area contributed by atoms with E-state index in [1.807, 2.05) is 37.3 Å². The molecule has 116 valence electrons. The summed E-state index contributed by atoms with van der Waals surface area (Å²) in [5.41, 5.74) is 2.35. The maximum absolute atomic E-state index is 12.6. The summed E-state index contributed by atoms with van der Waals surface area (Å²) in [4.78, 5) is 22.8. The molecule has 1 atom stereocenters. The van der Waals surface area contributed by atoms with Crippen LogP contribution in [0.15, 0.2) is 59.7 Å². The summed E-state index contributed by atoms with van der Waals surface area (Å²) in [6, 6.07) is 15.6. The van der Waals surface area contributed by atoms with Crippen molar-refractivity contribution in [2.45, 2.75) is 13.3 Å². The van der Waals surface area contributed by atoms with E-state index in [0.717, 1.165) is 11.3 Å². The number of nitrogens with zero attached hydrogens (tertiary/aromatic N) is 3. The van der Waals surface area contributed by atoms with Crippen molar-refractivity contribution in [2.24, 2.45) is 11.0 Å². The average Bonchev–Trinajstić information content (AvgIpc) is 2.84. The molecule has 0 aliphatic carbocycles. The minimum atomic E-state index is -0.470. The minimum absolute atomic E-state index is 0.0121. The third kappa shape index (κ3) is 2.96. The highest BCUT2D eigenvalue weighted by Crippen LogP contribution is 2.27. The van der Waals surface area contributed by atoms with Gasteiger partial charge in [-0.2, -0.15) is 5.10 Å². The zero-order valence-electron chi connectivity index (χ0n) is 12.5. The predicted octanol–water partition coefficient (Wildman–Crippen LogP) is 3.18. The zero-order valence-corrected chi connectivity index (χ0v) is 12.5. The maximum atomic E-state index is 12.6. The van der Waals surface area contributed by atoms with Crippen LogP contribution in [0.3, 0.4) is 0 Å². The standard InChI is InChI=1S/C17H15N3O3/c1-12-16(11-13-5-3-2-4-6-13)17(21)19(18-12)14-7-9-15(10-8-14)20(22)23/h2-10,16H,11H2,1H3/t16-/m0/s1. The first-order valence-electron chi connectivity index (χ1n) is 7.23. The van der Waals surface area contributed by atoms with Gasteiger partial charge in [-0.1, -0.05) is 30.3 Å². The van der Waals surface area contributed by atoms with Gasteiger partial charge >= 0.3 is 0 Å². The number of hydrogen-bond acceptors (Lipinski definition) is 4. The quantitative estimate of drug-likeness (QED) is 0.643. The predicted molar refractivity (Wildman–Crippen MR) is 87.3 cm³/mol. The lowest BCUT2D eigenvalue weighted by Crippen LogP contribution is -2.28. The van der Waals surface area contributed by atoms with Gasteiger partial charge in [-0.05, 0) is 31.0 Å². The summed E-state index contributed by atoms with van der Waals surface area (Å²) in [5, 5.41) is 16.4. The highest BCUT2D eigenvalue weighted by atomic mass is 16.6. The van der Waals surface area contributed by atoms with Gasteiger partial charge in [-0.3, -0.25) is 14.9 Å². The number of anilines is 1. The molecule has 1 heterocycles. The lowest BCUT2D eigenvalue weighted by molar-refractivity contribution is -0.384. The normalized spacial score (nSPS) is 17.3. The molecule has 0 saturated heterocycles. The lowest BCUT2D eigenvalue weighted by atomic mass is 9.95. The number of nitro groups is 1. The van der Waals surface area contributed by atoms with Crippen molar-refractivity contribution in [1.29, 1.82) is 0 Å². The van der Waals surface area contributed by atoms with E-state index in [-0.39, 0.29) is 17.5 Å². The second kappa shape index (κ2) is 6.00. The number of rotatable bonds is 4. The van der Waals surface area contributed by atoms with Crippen LogP contribution in [0.1, 0.15) is 12.5 Å². The van der Waals surface area contributed by atoms with Crippen molar-refractivity contribution in [1.82, 2.24) is 0 Å². The van der Waals surface area contributed by atoms with E-state index in [1.54, 1.807) is 0 Å². The maximum Gasteiger partial charge on any atom is 0.269 e. The van der Waals surface area contributed by atoms with E-state index >= 15 is 0 Å². The van der Waals surface area contributed by atoms with Gasteiger partial charge in [-0.15, -0.1) is 0 Å². The smallest absolute Gasteiger partial charge is 0.269 e. The molecule has 0 aromatic heterocycles. The van der Waals surface area contributed by atoms with Crippen molar-refractivity contribution in [3.8, 4) is 0 Å². The highest BCUT2D eigenvalue weighted by Gasteiger charge is 2.34. The van der Waals surface area contributed by atoms with Crippen LogP contribution in [0.25, 0.3) is 0 Å². The van der Waals surface area contributed by atoms with Gasteiger partial charge < -0.3 is 0 Å². The number of amides is 1. The average molecular weight is 309 g/mol. The fourth-order valence-electron chi connectivity index (χ4n) is 2.59. The van der Waals surface area contributed by atoms with E-state index in [4.69, 9.17) is 0 Å². The summed E-state index contributed by atoms with van der Waals surface area (Å²) in [6.07, 6.45) is 0.596. The van der Waals surface area contributed by atoms with E-state index in [1.165, 1.54) is 29.3 Å². The van der Waals surface area contributed by atoms with E-state index < -0.39 is 4.92 Å². The number of benzene rings is 2. The fourth-order valence-corrected chi connectivity index (χ4v) is 2.59. The molecule has 0 unspecified atom stereocenters. The SMILES string of the molecule is CC1=NN(c2ccc([N+](=O)[O-])cc2)C(=O)[C@H]1Cc1ccccc1. The fraction of sp³-hybridized carbons (Fsp3) is 0.176. The number of carbonyl (C=O) groups is 1. The molecule has 0 saturated carbocycles. The number of hydrogen-bond donors (Lipinski definition) is 0. The Morgan fingerprint density at radius 1 is 1.13 bits per heavy atom. The van der Waals surface area contributed by atoms with Crippen molar-refractivity contribution in [3.63, 3.8) is 0 Å². The molecule has 0 fully saturated rings. The Hall–Kier alpha value is -3.02. The van der Waals surface area contributed by atoms with Crippen molar-refractivity contribution < 1.29 is 9.72 Å². The van der Waals surface area contributed by atoms with Crippen molar-refractivity contribution >= 4 is 23.0 Å². The number of non-ortho nitro benzene ring substituents is 1. The van der Waals surface area contributed by atoms with Gasteiger partial charge in [0.05, 0.1) is 16.5 Å². The molecule has 1 amide bonds. The van der Waals surface area contributed by atoms with Gasteiger partial charge in [0, 0.05) is 17.8 Å². The summed E-state index contributed by atoms with van der Waals surface area (Å²) in [5.74, 6) is -0.409. The molecule has 6 heteroatoms. The van der Waals surface area contributed by atoms with Crippen molar-refractivity contribution in [2.75, 3.05) is 5.01 Å². The van der Waals surface area contributed by atoms with E-state index in [9.17, 15) is 14.9 Å². The van der Waals surface area contributed by atoms with E-state index in [0.29, 0.717) is 12.1 Å².